The van der Waals surface area contributed by atoms with E-state index in [0.29, 0.717) is 6.04 Å². The molecule has 0 spiro atoms. The molecule has 102 valence electrons. The van der Waals surface area contributed by atoms with E-state index in [9.17, 15) is 0 Å². The number of benzene rings is 1. The summed E-state index contributed by atoms with van der Waals surface area (Å²) in [7, 11) is 0. The predicted molar refractivity (Wildman–Crippen MR) is 81.9 cm³/mol. The molecule has 1 heterocycles. The summed E-state index contributed by atoms with van der Waals surface area (Å²) in [5, 5.41) is 3.61. The van der Waals surface area contributed by atoms with Gasteiger partial charge in [0.2, 0.25) is 0 Å². The molecule has 4 heteroatoms. The van der Waals surface area contributed by atoms with Crippen LogP contribution in [0.2, 0.25) is 0 Å². The molecule has 0 fully saturated rings. The zero-order valence-corrected chi connectivity index (χ0v) is 13.0. The topological polar surface area (TPSA) is 29.9 Å². The van der Waals surface area contributed by atoms with Gasteiger partial charge in [0, 0.05) is 29.8 Å². The lowest BCUT2D eigenvalue weighted by atomic mass is 10.0. The number of halogens is 1. The number of rotatable bonds is 6. The summed E-state index contributed by atoms with van der Waals surface area (Å²) in [5.41, 5.74) is 2.56. The van der Waals surface area contributed by atoms with Crippen molar-refractivity contribution in [1.29, 1.82) is 0 Å². The number of hydrogen-bond acceptors (Lipinski definition) is 2. The van der Waals surface area contributed by atoms with Crippen LogP contribution in [0.25, 0.3) is 0 Å². The molecule has 2 aromatic rings. The smallest absolute Gasteiger partial charge is 0.0948 e. The number of imidazole rings is 1. The zero-order chi connectivity index (χ0) is 13.7. The van der Waals surface area contributed by atoms with Crippen molar-refractivity contribution in [2.75, 3.05) is 0 Å². The molecule has 0 aliphatic heterocycles. The van der Waals surface area contributed by atoms with Crippen LogP contribution in [0.5, 0.6) is 0 Å². The largest absolute Gasteiger partial charge is 0.334 e. The van der Waals surface area contributed by atoms with E-state index in [2.05, 4.69) is 68.9 Å². The zero-order valence-electron chi connectivity index (χ0n) is 11.4. The van der Waals surface area contributed by atoms with Gasteiger partial charge in [-0.3, -0.25) is 0 Å². The minimum Gasteiger partial charge on any atom is -0.334 e. The number of nitrogens with one attached hydrogen (secondary N) is 1. The molecule has 0 radical (unpaired) electrons. The second-order valence-corrected chi connectivity index (χ2v) is 5.48. The van der Waals surface area contributed by atoms with E-state index in [0.717, 1.165) is 24.0 Å². The highest BCUT2D eigenvalue weighted by Gasteiger charge is 2.09. The lowest BCUT2D eigenvalue weighted by Gasteiger charge is -2.18. The van der Waals surface area contributed by atoms with E-state index in [4.69, 9.17) is 0 Å². The van der Waals surface area contributed by atoms with E-state index in [1.807, 2.05) is 12.5 Å². The van der Waals surface area contributed by atoms with Crippen molar-refractivity contribution in [2.24, 2.45) is 0 Å². The highest BCUT2D eigenvalue weighted by molar-refractivity contribution is 9.10. The predicted octanol–water partition coefficient (Wildman–Crippen LogP) is 3.91. The van der Waals surface area contributed by atoms with E-state index < -0.39 is 0 Å². The van der Waals surface area contributed by atoms with Gasteiger partial charge in [-0.15, -0.1) is 0 Å². The maximum absolute atomic E-state index is 4.20. The lowest BCUT2D eigenvalue weighted by molar-refractivity contribution is 0.503. The first-order valence-corrected chi connectivity index (χ1v) is 7.51. The van der Waals surface area contributed by atoms with Gasteiger partial charge >= 0.3 is 0 Å². The molecule has 0 amide bonds. The molecule has 19 heavy (non-hydrogen) atoms. The molecule has 1 atom stereocenters. The van der Waals surface area contributed by atoms with Gasteiger partial charge in [0.25, 0.3) is 0 Å². The fourth-order valence-corrected chi connectivity index (χ4v) is 2.47. The van der Waals surface area contributed by atoms with Crippen LogP contribution >= 0.6 is 15.9 Å². The molecule has 1 aromatic carbocycles. The van der Waals surface area contributed by atoms with Gasteiger partial charge in [0.1, 0.15) is 0 Å². The lowest BCUT2D eigenvalue weighted by Crippen LogP contribution is -2.21. The molecule has 1 aromatic heterocycles. The van der Waals surface area contributed by atoms with Gasteiger partial charge in [-0.1, -0.05) is 35.0 Å². The molecule has 0 aliphatic rings. The molecule has 1 unspecified atom stereocenters. The Bertz CT molecular complexity index is 504. The molecular formula is C15H20BrN3. The Morgan fingerprint density at radius 3 is 2.63 bits per heavy atom. The summed E-state index contributed by atoms with van der Waals surface area (Å²) < 4.78 is 3.29. The number of nitrogens with zero attached hydrogens (tertiary/aromatic N) is 2. The second-order valence-electron chi connectivity index (χ2n) is 4.56. The molecule has 1 N–H and O–H groups in total. The van der Waals surface area contributed by atoms with Crippen LogP contribution in [-0.2, 0) is 13.1 Å². The summed E-state index contributed by atoms with van der Waals surface area (Å²) in [6.45, 7) is 6.16. The summed E-state index contributed by atoms with van der Waals surface area (Å²) >= 11 is 3.47. The Balaban J connectivity index is 2.01. The molecule has 0 bridgehead atoms. The monoisotopic (exact) mass is 321 g/mol. The second kappa shape index (κ2) is 6.87. The third-order valence-corrected chi connectivity index (χ3v) is 3.88. The Morgan fingerprint density at radius 1 is 1.26 bits per heavy atom. The molecule has 3 nitrogen and oxygen atoms in total. The Kier molecular flexibility index (Phi) is 5.16. The Labute approximate surface area is 123 Å². The Morgan fingerprint density at radius 2 is 2.00 bits per heavy atom. The molecule has 2 rings (SSSR count). The first kappa shape index (κ1) is 14.3. The van der Waals surface area contributed by atoms with Crippen LogP contribution in [0.3, 0.4) is 0 Å². The number of aromatic nitrogens is 2. The van der Waals surface area contributed by atoms with Crippen molar-refractivity contribution in [3.8, 4) is 0 Å². The van der Waals surface area contributed by atoms with Crippen LogP contribution in [0.15, 0.2) is 41.3 Å². The van der Waals surface area contributed by atoms with E-state index in [1.54, 1.807) is 0 Å². The fraction of sp³-hybridized carbons (Fsp3) is 0.400. The van der Waals surface area contributed by atoms with E-state index in [1.165, 1.54) is 11.3 Å². The highest BCUT2D eigenvalue weighted by Crippen LogP contribution is 2.19. The van der Waals surface area contributed by atoms with Crippen molar-refractivity contribution in [1.82, 2.24) is 14.9 Å². The van der Waals surface area contributed by atoms with Crippen molar-refractivity contribution in [3.05, 3.63) is 52.5 Å². The van der Waals surface area contributed by atoms with Gasteiger partial charge in [-0.05, 0) is 31.0 Å². The molecular weight excluding hydrogens is 302 g/mol. The van der Waals surface area contributed by atoms with Crippen molar-refractivity contribution >= 4 is 15.9 Å². The summed E-state index contributed by atoms with van der Waals surface area (Å²) in [6.07, 6.45) is 4.89. The maximum atomic E-state index is 4.20. The maximum Gasteiger partial charge on any atom is 0.0948 e. The van der Waals surface area contributed by atoms with Crippen molar-refractivity contribution < 1.29 is 0 Å². The fourth-order valence-electron chi connectivity index (χ4n) is 2.20. The standard InChI is InChI=1S/C15H20BrN3/c1-3-15(12-5-7-13(16)8-6-12)18-10-14-9-17-11-19(14)4-2/h5-9,11,15,18H,3-4,10H2,1-2H3. The quantitative estimate of drug-likeness (QED) is 0.874. The van der Waals surface area contributed by atoms with Crippen LogP contribution in [0.1, 0.15) is 37.6 Å². The first-order valence-electron chi connectivity index (χ1n) is 6.72. The van der Waals surface area contributed by atoms with Gasteiger partial charge < -0.3 is 9.88 Å². The van der Waals surface area contributed by atoms with Crippen molar-refractivity contribution in [2.45, 2.75) is 39.4 Å². The van der Waals surface area contributed by atoms with Gasteiger partial charge in [0.15, 0.2) is 0 Å². The number of hydrogen-bond donors (Lipinski definition) is 1. The van der Waals surface area contributed by atoms with Gasteiger partial charge in [-0.2, -0.15) is 0 Å². The summed E-state index contributed by atoms with van der Waals surface area (Å²) in [5.74, 6) is 0. The van der Waals surface area contributed by atoms with Crippen LogP contribution in [-0.4, -0.2) is 9.55 Å². The Hall–Kier alpha value is -1.13. The van der Waals surface area contributed by atoms with Crippen LogP contribution < -0.4 is 5.32 Å². The van der Waals surface area contributed by atoms with E-state index >= 15 is 0 Å². The summed E-state index contributed by atoms with van der Waals surface area (Å²) in [4.78, 5) is 4.20. The minimum atomic E-state index is 0.383. The third-order valence-electron chi connectivity index (χ3n) is 3.35. The average molecular weight is 322 g/mol. The molecule has 0 saturated heterocycles. The van der Waals surface area contributed by atoms with E-state index in [-0.39, 0.29) is 0 Å². The first-order chi connectivity index (χ1) is 9.24. The summed E-state index contributed by atoms with van der Waals surface area (Å²) in [6, 6.07) is 8.91. The molecule has 0 aliphatic carbocycles. The van der Waals surface area contributed by atoms with Gasteiger partial charge in [0.05, 0.1) is 12.0 Å². The normalized spacial score (nSPS) is 12.6. The van der Waals surface area contributed by atoms with Gasteiger partial charge in [-0.25, -0.2) is 4.98 Å². The number of aryl methyl sites for hydroxylation is 1. The van der Waals surface area contributed by atoms with Crippen LogP contribution in [0.4, 0.5) is 0 Å². The van der Waals surface area contributed by atoms with Crippen molar-refractivity contribution in [3.63, 3.8) is 0 Å². The molecule has 0 saturated carbocycles. The highest BCUT2D eigenvalue weighted by atomic mass is 79.9. The minimum absolute atomic E-state index is 0.383. The SMILES string of the molecule is CCC(NCc1cncn1CC)c1ccc(Br)cc1. The average Bonchev–Trinajstić information content (AvgIpc) is 2.89. The van der Waals surface area contributed by atoms with Crippen LogP contribution in [0, 0.1) is 0 Å². The third kappa shape index (κ3) is 3.67.